The number of hydrogen-bond acceptors (Lipinski definition) is 2. The molecule has 0 saturated heterocycles. The Morgan fingerprint density at radius 2 is 1.86 bits per heavy atom. The van der Waals surface area contributed by atoms with Crippen LogP contribution in [0.25, 0.3) is 0 Å². The van der Waals surface area contributed by atoms with E-state index in [0.717, 1.165) is 12.8 Å². The molecule has 1 rings (SSSR count). The molecule has 0 aliphatic heterocycles. The van der Waals surface area contributed by atoms with E-state index in [0.29, 0.717) is 18.8 Å². The van der Waals surface area contributed by atoms with E-state index in [2.05, 4.69) is 0 Å². The molecule has 0 amide bonds. The van der Waals surface area contributed by atoms with Crippen LogP contribution in [0.3, 0.4) is 0 Å². The Labute approximate surface area is 86.1 Å². The number of halogens is 1. The van der Waals surface area contributed by atoms with E-state index < -0.39 is 15.5 Å². The van der Waals surface area contributed by atoms with Crippen LogP contribution in [0.1, 0.15) is 51.9 Å². The van der Waals surface area contributed by atoms with Crippen LogP contribution < -0.4 is 0 Å². The molecule has 0 spiro atoms. The fraction of sp³-hybridized carbons (Fsp3) is 1.00. The summed E-state index contributed by atoms with van der Waals surface area (Å²) in [6.07, 6.45) is 6.67. The van der Waals surface area contributed by atoms with Gasteiger partial charge in [-0.3, -0.25) is 0 Å². The van der Waals surface area contributed by atoms with Crippen LogP contribution in [-0.4, -0.2) is 13.7 Å². The monoisotopic (exact) mass is 222 g/mol. The van der Waals surface area contributed by atoms with Crippen molar-refractivity contribution < 1.29 is 12.3 Å². The summed E-state index contributed by atoms with van der Waals surface area (Å²) in [6, 6.07) is 0. The summed E-state index contributed by atoms with van der Waals surface area (Å²) in [6.45, 7) is 1.74. The summed E-state index contributed by atoms with van der Waals surface area (Å²) >= 11 is 0. The molecule has 2 nitrogen and oxygen atoms in total. The average molecular weight is 222 g/mol. The van der Waals surface area contributed by atoms with Gasteiger partial charge in [0.2, 0.25) is 0 Å². The molecule has 1 unspecified atom stereocenters. The minimum Gasteiger partial charge on any atom is -0.195 e. The largest absolute Gasteiger partial charge is 0.305 e. The molecule has 1 saturated carbocycles. The van der Waals surface area contributed by atoms with E-state index in [9.17, 15) is 12.3 Å². The first kappa shape index (κ1) is 12.0. The van der Waals surface area contributed by atoms with E-state index in [1.165, 1.54) is 19.3 Å². The van der Waals surface area contributed by atoms with Crippen LogP contribution in [0.4, 0.5) is 3.89 Å². The van der Waals surface area contributed by atoms with Gasteiger partial charge in [0, 0.05) is 0 Å². The maximum atomic E-state index is 12.8. The van der Waals surface area contributed by atoms with Crippen molar-refractivity contribution in [1.82, 2.24) is 0 Å². The first-order valence-electron chi connectivity index (χ1n) is 5.47. The van der Waals surface area contributed by atoms with Gasteiger partial charge in [0.15, 0.2) is 0 Å². The van der Waals surface area contributed by atoms with Crippen molar-refractivity contribution in [2.75, 3.05) is 0 Å². The van der Waals surface area contributed by atoms with Crippen molar-refractivity contribution in [1.29, 1.82) is 0 Å². The first-order chi connectivity index (χ1) is 6.54. The quantitative estimate of drug-likeness (QED) is 0.685. The molecule has 0 aromatic carbocycles. The lowest BCUT2D eigenvalue weighted by Gasteiger charge is -2.23. The van der Waals surface area contributed by atoms with Crippen molar-refractivity contribution in [3.8, 4) is 0 Å². The van der Waals surface area contributed by atoms with E-state index in [1.807, 2.05) is 0 Å². The van der Waals surface area contributed by atoms with Crippen molar-refractivity contribution in [2.45, 2.75) is 57.1 Å². The second-order valence-electron chi connectivity index (χ2n) is 4.25. The zero-order valence-corrected chi connectivity index (χ0v) is 9.52. The van der Waals surface area contributed by atoms with E-state index in [4.69, 9.17) is 0 Å². The molecule has 0 aromatic heterocycles. The molecule has 0 radical (unpaired) electrons. The lowest BCUT2D eigenvalue weighted by atomic mass is 9.86. The van der Waals surface area contributed by atoms with Gasteiger partial charge < -0.3 is 0 Å². The highest BCUT2D eigenvalue weighted by atomic mass is 32.3. The van der Waals surface area contributed by atoms with Crippen LogP contribution in [0.2, 0.25) is 0 Å². The van der Waals surface area contributed by atoms with Crippen molar-refractivity contribution in [3.05, 3.63) is 0 Å². The fourth-order valence-electron chi connectivity index (χ4n) is 2.28. The molecular weight excluding hydrogens is 203 g/mol. The van der Waals surface area contributed by atoms with E-state index in [-0.39, 0.29) is 0 Å². The Kier molecular flexibility index (Phi) is 4.35. The lowest BCUT2D eigenvalue weighted by Crippen LogP contribution is -2.21. The summed E-state index contributed by atoms with van der Waals surface area (Å²) in [5, 5.41) is -0.759. The third-order valence-corrected chi connectivity index (χ3v) is 4.50. The maximum absolute atomic E-state index is 12.8. The minimum atomic E-state index is -4.31. The molecule has 4 heteroatoms. The minimum absolute atomic E-state index is 0.398. The highest BCUT2D eigenvalue weighted by Gasteiger charge is 2.27. The molecule has 14 heavy (non-hydrogen) atoms. The van der Waals surface area contributed by atoms with Gasteiger partial charge in [0.05, 0.1) is 5.25 Å². The molecule has 84 valence electrons. The zero-order chi connectivity index (χ0) is 10.6. The Balaban J connectivity index is 2.47. The van der Waals surface area contributed by atoms with Gasteiger partial charge in [0.25, 0.3) is 0 Å². The predicted octanol–water partition coefficient (Wildman–Crippen LogP) is 3.03. The standard InChI is InChI=1S/C10H19FO2S/c1-2-10(14(11,12)13)8-9-6-4-3-5-7-9/h9-10H,2-8H2,1H3. The molecule has 1 atom stereocenters. The highest BCUT2D eigenvalue weighted by molar-refractivity contribution is 7.87. The second kappa shape index (κ2) is 5.10. The molecule has 0 bridgehead atoms. The summed E-state index contributed by atoms with van der Waals surface area (Å²) in [4.78, 5) is 0. The lowest BCUT2D eigenvalue weighted by molar-refractivity contribution is 0.329. The van der Waals surface area contributed by atoms with E-state index >= 15 is 0 Å². The molecular formula is C10H19FO2S. The molecule has 1 aliphatic rings. The normalized spacial score (nSPS) is 22.1. The molecule has 1 fully saturated rings. The molecule has 1 aliphatic carbocycles. The topological polar surface area (TPSA) is 34.1 Å². The van der Waals surface area contributed by atoms with Gasteiger partial charge in [-0.2, -0.15) is 8.42 Å². The summed E-state index contributed by atoms with van der Waals surface area (Å²) < 4.78 is 34.3. The van der Waals surface area contributed by atoms with Gasteiger partial charge in [-0.25, -0.2) is 0 Å². The van der Waals surface area contributed by atoms with Gasteiger partial charge >= 0.3 is 10.2 Å². The summed E-state index contributed by atoms with van der Waals surface area (Å²) in [5.41, 5.74) is 0. The van der Waals surface area contributed by atoms with Gasteiger partial charge in [0.1, 0.15) is 0 Å². The fourth-order valence-corrected chi connectivity index (χ4v) is 3.18. The third kappa shape index (κ3) is 3.56. The van der Waals surface area contributed by atoms with Gasteiger partial charge in [-0.1, -0.05) is 39.0 Å². The molecule has 0 aromatic rings. The predicted molar refractivity (Wildman–Crippen MR) is 55.3 cm³/mol. The highest BCUT2D eigenvalue weighted by Crippen LogP contribution is 2.30. The van der Waals surface area contributed by atoms with Crippen LogP contribution in [0.5, 0.6) is 0 Å². The third-order valence-electron chi connectivity index (χ3n) is 3.17. The smallest absolute Gasteiger partial charge is 0.195 e. The van der Waals surface area contributed by atoms with E-state index in [1.54, 1.807) is 6.92 Å². The van der Waals surface area contributed by atoms with Crippen molar-refractivity contribution >= 4 is 10.2 Å². The van der Waals surface area contributed by atoms with Crippen molar-refractivity contribution in [2.24, 2.45) is 5.92 Å². The average Bonchev–Trinajstić information content (AvgIpc) is 2.14. The van der Waals surface area contributed by atoms with Crippen LogP contribution >= 0.6 is 0 Å². The SMILES string of the molecule is CCC(CC1CCCCC1)S(=O)(=O)F. The molecule has 0 N–H and O–H groups in total. The number of rotatable bonds is 4. The zero-order valence-electron chi connectivity index (χ0n) is 8.71. The Hall–Kier alpha value is -0.120. The molecule has 0 heterocycles. The van der Waals surface area contributed by atoms with Gasteiger partial charge in [-0.05, 0) is 18.8 Å². The van der Waals surface area contributed by atoms with Crippen LogP contribution in [-0.2, 0) is 10.2 Å². The Bertz CT molecular complexity index is 255. The summed E-state index contributed by atoms with van der Waals surface area (Å²) in [5.74, 6) is 0.430. The van der Waals surface area contributed by atoms with Crippen molar-refractivity contribution in [3.63, 3.8) is 0 Å². The van der Waals surface area contributed by atoms with Crippen LogP contribution in [0, 0.1) is 5.92 Å². The first-order valence-corrected chi connectivity index (χ1v) is 6.92. The van der Waals surface area contributed by atoms with Gasteiger partial charge in [-0.15, -0.1) is 3.89 Å². The number of hydrogen-bond donors (Lipinski definition) is 0. The Morgan fingerprint density at radius 3 is 2.29 bits per heavy atom. The van der Waals surface area contributed by atoms with Crippen LogP contribution in [0.15, 0.2) is 0 Å². The maximum Gasteiger partial charge on any atom is 0.305 e. The second-order valence-corrected chi connectivity index (χ2v) is 5.86. The Morgan fingerprint density at radius 1 is 1.29 bits per heavy atom. The summed E-state index contributed by atoms with van der Waals surface area (Å²) in [7, 11) is -4.31.